The molecule has 0 atom stereocenters. The first-order valence-electron chi connectivity index (χ1n) is 6.54. The number of halogens is 2. The summed E-state index contributed by atoms with van der Waals surface area (Å²) in [6, 6.07) is 8.69. The lowest BCUT2D eigenvalue weighted by Crippen LogP contribution is -2.25. The fourth-order valence-corrected chi connectivity index (χ4v) is 2.63. The number of benzene rings is 1. The Bertz CT molecular complexity index is 649. The van der Waals surface area contributed by atoms with Gasteiger partial charge in [-0.3, -0.25) is 4.79 Å². The molecule has 0 aliphatic heterocycles. The molecule has 1 aromatic heterocycles. The van der Waals surface area contributed by atoms with Gasteiger partial charge in [-0.1, -0.05) is 18.2 Å². The van der Waals surface area contributed by atoms with E-state index in [4.69, 9.17) is 0 Å². The minimum Gasteiger partial charge on any atom is -0.347 e. The smallest absolute Gasteiger partial charge is 0.268 e. The number of hydrogen-bond donors (Lipinski definition) is 1. The molecule has 5 heteroatoms. The van der Waals surface area contributed by atoms with E-state index in [1.54, 1.807) is 24.3 Å². The van der Waals surface area contributed by atoms with Crippen LogP contribution in [0.5, 0.6) is 0 Å². The second-order valence-corrected chi connectivity index (χ2v) is 5.87. The number of nitrogens with zero attached hydrogens (tertiary/aromatic N) is 1. The molecule has 3 nitrogen and oxygen atoms in total. The summed E-state index contributed by atoms with van der Waals surface area (Å²) < 4.78 is 16.4. The van der Waals surface area contributed by atoms with Crippen molar-refractivity contribution in [1.29, 1.82) is 0 Å². The van der Waals surface area contributed by atoms with Crippen LogP contribution in [0.1, 0.15) is 34.9 Å². The highest BCUT2D eigenvalue weighted by Gasteiger charge is 2.27. The number of carbonyl (C=O) groups is 1. The summed E-state index contributed by atoms with van der Waals surface area (Å²) in [4.78, 5) is 12.2. The van der Waals surface area contributed by atoms with Crippen molar-refractivity contribution in [2.45, 2.75) is 25.4 Å². The lowest BCUT2D eigenvalue weighted by Gasteiger charge is -2.09. The van der Waals surface area contributed by atoms with Crippen LogP contribution < -0.4 is 5.32 Å². The van der Waals surface area contributed by atoms with E-state index in [1.807, 2.05) is 10.8 Å². The molecular formula is C15H14BrFN2O. The molecule has 0 bridgehead atoms. The van der Waals surface area contributed by atoms with E-state index in [1.165, 1.54) is 6.07 Å². The largest absolute Gasteiger partial charge is 0.347 e. The van der Waals surface area contributed by atoms with Crippen molar-refractivity contribution in [2.75, 3.05) is 0 Å². The van der Waals surface area contributed by atoms with Crippen molar-refractivity contribution in [2.24, 2.45) is 0 Å². The maximum Gasteiger partial charge on any atom is 0.268 e. The Balaban J connectivity index is 1.72. The molecule has 0 spiro atoms. The molecule has 1 aromatic carbocycles. The van der Waals surface area contributed by atoms with E-state index >= 15 is 0 Å². The Morgan fingerprint density at radius 3 is 2.85 bits per heavy atom. The predicted octanol–water partition coefficient (Wildman–Crippen LogP) is 3.65. The summed E-state index contributed by atoms with van der Waals surface area (Å²) in [6.07, 6.45) is 4.14. The average molecular weight is 337 g/mol. The monoisotopic (exact) mass is 336 g/mol. The van der Waals surface area contributed by atoms with Crippen molar-refractivity contribution >= 4 is 21.8 Å². The quantitative estimate of drug-likeness (QED) is 0.908. The fraction of sp³-hybridized carbons (Fsp3) is 0.267. The van der Waals surface area contributed by atoms with Gasteiger partial charge in [-0.15, -0.1) is 0 Å². The van der Waals surface area contributed by atoms with Crippen molar-refractivity contribution < 1.29 is 9.18 Å². The number of carbonyl (C=O) groups excluding carboxylic acids is 1. The molecule has 0 unspecified atom stereocenters. The van der Waals surface area contributed by atoms with E-state index in [2.05, 4.69) is 21.2 Å². The topological polar surface area (TPSA) is 34.0 Å². The van der Waals surface area contributed by atoms with Crippen LogP contribution >= 0.6 is 15.9 Å². The van der Waals surface area contributed by atoms with Crippen LogP contribution in [-0.2, 0) is 6.54 Å². The fourth-order valence-electron chi connectivity index (χ4n) is 2.19. The highest BCUT2D eigenvalue weighted by atomic mass is 79.9. The Morgan fingerprint density at radius 1 is 1.40 bits per heavy atom. The second kappa shape index (κ2) is 5.40. The van der Waals surface area contributed by atoms with Gasteiger partial charge in [0.25, 0.3) is 5.91 Å². The molecule has 2 aromatic rings. The van der Waals surface area contributed by atoms with E-state index in [9.17, 15) is 9.18 Å². The number of rotatable bonds is 4. The number of nitrogens with one attached hydrogen (secondary N) is 1. The Kier molecular flexibility index (Phi) is 3.61. The molecule has 104 valence electrons. The summed E-state index contributed by atoms with van der Waals surface area (Å²) in [5, 5.41) is 2.77. The molecule has 20 heavy (non-hydrogen) atoms. The zero-order chi connectivity index (χ0) is 14.1. The zero-order valence-corrected chi connectivity index (χ0v) is 12.4. The molecule has 1 aliphatic carbocycles. The Hall–Kier alpha value is -1.62. The van der Waals surface area contributed by atoms with Crippen LogP contribution in [0.2, 0.25) is 0 Å². The summed E-state index contributed by atoms with van der Waals surface area (Å²) in [5.41, 5.74) is 1.11. The zero-order valence-electron chi connectivity index (χ0n) is 10.8. The van der Waals surface area contributed by atoms with Gasteiger partial charge in [0, 0.05) is 28.8 Å². The molecule has 1 N–H and O–H groups in total. The van der Waals surface area contributed by atoms with Gasteiger partial charge in [0.1, 0.15) is 11.5 Å². The second-order valence-electron chi connectivity index (χ2n) is 4.96. The third-order valence-corrected chi connectivity index (χ3v) is 3.82. The molecule has 1 fully saturated rings. The van der Waals surface area contributed by atoms with Crippen LogP contribution in [0.4, 0.5) is 4.39 Å². The van der Waals surface area contributed by atoms with Crippen LogP contribution in [0.3, 0.4) is 0 Å². The highest BCUT2D eigenvalue weighted by Crippen LogP contribution is 2.37. The van der Waals surface area contributed by atoms with Gasteiger partial charge in [-0.05, 0) is 40.9 Å². The first-order chi connectivity index (χ1) is 9.65. The summed E-state index contributed by atoms with van der Waals surface area (Å²) in [5.74, 6) is -0.475. The minimum absolute atomic E-state index is 0.175. The SMILES string of the molecule is O=C(NCc1ccccc1F)c1cc(Br)cn1C1CC1. The lowest BCUT2D eigenvalue weighted by atomic mass is 10.2. The summed E-state index contributed by atoms with van der Waals surface area (Å²) in [6.45, 7) is 0.193. The molecule has 1 heterocycles. The first-order valence-corrected chi connectivity index (χ1v) is 7.33. The number of hydrogen-bond acceptors (Lipinski definition) is 1. The number of aromatic nitrogens is 1. The highest BCUT2D eigenvalue weighted by molar-refractivity contribution is 9.10. The minimum atomic E-state index is -0.299. The molecule has 0 saturated heterocycles. The van der Waals surface area contributed by atoms with E-state index in [0.717, 1.165) is 17.3 Å². The summed E-state index contributed by atoms with van der Waals surface area (Å²) >= 11 is 3.39. The van der Waals surface area contributed by atoms with Gasteiger partial charge in [-0.2, -0.15) is 0 Å². The Labute approximate surface area is 124 Å². The third kappa shape index (κ3) is 2.77. The van der Waals surface area contributed by atoms with Crippen LogP contribution in [-0.4, -0.2) is 10.5 Å². The number of amides is 1. The lowest BCUT2D eigenvalue weighted by molar-refractivity contribution is 0.0941. The standard InChI is InChI=1S/C15H14BrFN2O/c16-11-7-14(19(9-11)12-5-6-12)15(20)18-8-10-3-1-2-4-13(10)17/h1-4,7,9,12H,5-6,8H2,(H,18,20). The van der Waals surface area contributed by atoms with Gasteiger partial charge < -0.3 is 9.88 Å². The van der Waals surface area contributed by atoms with Crippen molar-refractivity contribution in [3.8, 4) is 0 Å². The van der Waals surface area contributed by atoms with Crippen molar-refractivity contribution in [3.05, 3.63) is 58.1 Å². The molecular weight excluding hydrogens is 323 g/mol. The normalized spacial score (nSPS) is 14.3. The summed E-state index contributed by atoms with van der Waals surface area (Å²) in [7, 11) is 0. The van der Waals surface area contributed by atoms with E-state index < -0.39 is 0 Å². The first kappa shape index (κ1) is 13.4. The maximum absolute atomic E-state index is 13.5. The van der Waals surface area contributed by atoms with Crippen LogP contribution in [0, 0.1) is 5.82 Å². The van der Waals surface area contributed by atoms with E-state index in [-0.39, 0.29) is 18.3 Å². The molecule has 1 saturated carbocycles. The molecule has 1 aliphatic rings. The molecule has 0 radical (unpaired) electrons. The van der Waals surface area contributed by atoms with Gasteiger partial charge in [-0.25, -0.2) is 4.39 Å². The Morgan fingerprint density at radius 2 is 2.15 bits per heavy atom. The van der Waals surface area contributed by atoms with Crippen molar-refractivity contribution in [3.63, 3.8) is 0 Å². The molecule has 1 amide bonds. The van der Waals surface area contributed by atoms with Gasteiger partial charge in [0.05, 0.1) is 0 Å². The predicted molar refractivity (Wildman–Crippen MR) is 78.0 cm³/mol. The van der Waals surface area contributed by atoms with Crippen LogP contribution in [0.25, 0.3) is 0 Å². The van der Waals surface area contributed by atoms with Gasteiger partial charge in [0.15, 0.2) is 0 Å². The average Bonchev–Trinajstić information content (AvgIpc) is 3.20. The maximum atomic E-state index is 13.5. The van der Waals surface area contributed by atoms with E-state index in [0.29, 0.717) is 17.3 Å². The van der Waals surface area contributed by atoms with Gasteiger partial charge >= 0.3 is 0 Å². The van der Waals surface area contributed by atoms with Gasteiger partial charge in [0.2, 0.25) is 0 Å². The van der Waals surface area contributed by atoms with Crippen molar-refractivity contribution in [1.82, 2.24) is 9.88 Å². The third-order valence-electron chi connectivity index (χ3n) is 3.39. The van der Waals surface area contributed by atoms with Crippen LogP contribution in [0.15, 0.2) is 41.0 Å². The molecule has 3 rings (SSSR count).